The first-order valence-corrected chi connectivity index (χ1v) is 8.73. The summed E-state index contributed by atoms with van der Waals surface area (Å²) >= 11 is 0. The quantitative estimate of drug-likeness (QED) is 0.590. The Balaban J connectivity index is 1.99. The first-order chi connectivity index (χ1) is 12.9. The molecule has 0 fully saturated rings. The number of hydrogen-bond donors (Lipinski definition) is 2. The second kappa shape index (κ2) is 7.79. The Morgan fingerprint density at radius 1 is 1.00 bits per heavy atom. The maximum Gasteiger partial charge on any atom is 0.329 e. The van der Waals surface area contributed by atoms with Crippen molar-refractivity contribution in [2.24, 2.45) is 0 Å². The van der Waals surface area contributed by atoms with E-state index >= 15 is 0 Å². The van der Waals surface area contributed by atoms with Crippen molar-refractivity contribution in [1.29, 1.82) is 0 Å². The van der Waals surface area contributed by atoms with Gasteiger partial charge in [-0.2, -0.15) is 0 Å². The van der Waals surface area contributed by atoms with Gasteiger partial charge in [-0.25, -0.2) is 9.59 Å². The number of benzene rings is 1. The Bertz CT molecular complexity index is 807. The van der Waals surface area contributed by atoms with E-state index in [0.717, 1.165) is 4.90 Å². The van der Waals surface area contributed by atoms with Crippen LogP contribution in [0.15, 0.2) is 24.3 Å². The average molecular weight is 389 g/mol. The predicted molar refractivity (Wildman–Crippen MR) is 98.4 cm³/mol. The monoisotopic (exact) mass is 389 g/mol. The zero-order valence-electron chi connectivity index (χ0n) is 16.4. The van der Waals surface area contributed by atoms with Crippen molar-refractivity contribution in [1.82, 2.24) is 15.5 Å². The van der Waals surface area contributed by atoms with Gasteiger partial charge in [0.25, 0.3) is 17.7 Å². The zero-order chi connectivity index (χ0) is 21.2. The number of rotatable bonds is 4. The second-order valence-corrected chi connectivity index (χ2v) is 7.47. The third-order valence-electron chi connectivity index (χ3n) is 3.94. The van der Waals surface area contributed by atoms with E-state index in [1.807, 2.05) is 0 Å². The van der Waals surface area contributed by atoms with E-state index in [4.69, 9.17) is 4.74 Å². The first kappa shape index (κ1) is 21.1. The van der Waals surface area contributed by atoms with E-state index in [-0.39, 0.29) is 11.1 Å². The van der Waals surface area contributed by atoms with Gasteiger partial charge in [-0.3, -0.25) is 24.6 Å². The Kier molecular flexibility index (Phi) is 5.86. The van der Waals surface area contributed by atoms with Gasteiger partial charge in [0.05, 0.1) is 11.1 Å². The zero-order valence-corrected chi connectivity index (χ0v) is 16.4. The van der Waals surface area contributed by atoms with Gasteiger partial charge in [0.1, 0.15) is 6.04 Å². The van der Waals surface area contributed by atoms with Gasteiger partial charge in [0.15, 0.2) is 6.10 Å². The largest absolute Gasteiger partial charge is 0.451 e. The minimum atomic E-state index is -1.30. The number of amides is 5. The summed E-state index contributed by atoms with van der Waals surface area (Å²) in [6.45, 7) is 7.84. The molecule has 0 unspecified atom stereocenters. The number of carbonyl (C=O) groups excluding carboxylic acids is 5. The van der Waals surface area contributed by atoms with Crippen molar-refractivity contribution >= 4 is 29.7 Å². The van der Waals surface area contributed by atoms with Crippen LogP contribution >= 0.6 is 0 Å². The van der Waals surface area contributed by atoms with E-state index in [9.17, 15) is 24.0 Å². The Hall–Kier alpha value is -3.23. The number of fused-ring (bicyclic) bond motifs is 1. The van der Waals surface area contributed by atoms with Gasteiger partial charge in [-0.15, -0.1) is 0 Å². The molecule has 1 aromatic rings. The minimum absolute atomic E-state index is 0.205. The topological polar surface area (TPSA) is 122 Å². The molecule has 1 aliphatic heterocycles. The van der Waals surface area contributed by atoms with Crippen LogP contribution in [0.4, 0.5) is 4.79 Å². The molecule has 28 heavy (non-hydrogen) atoms. The molecule has 0 aromatic heterocycles. The smallest absolute Gasteiger partial charge is 0.329 e. The summed E-state index contributed by atoms with van der Waals surface area (Å²) in [7, 11) is 0. The predicted octanol–water partition coefficient (Wildman–Crippen LogP) is 1.23. The molecule has 150 valence electrons. The molecule has 1 aliphatic rings. The van der Waals surface area contributed by atoms with Gasteiger partial charge in [0, 0.05) is 5.54 Å². The summed E-state index contributed by atoms with van der Waals surface area (Å²) in [5.41, 5.74) is -0.141. The van der Waals surface area contributed by atoms with Crippen molar-refractivity contribution in [3.63, 3.8) is 0 Å². The van der Waals surface area contributed by atoms with Crippen LogP contribution in [0.3, 0.4) is 0 Å². The Morgan fingerprint density at radius 2 is 1.50 bits per heavy atom. The molecule has 1 heterocycles. The fraction of sp³-hybridized carbons (Fsp3) is 0.421. The first-order valence-electron chi connectivity index (χ1n) is 8.73. The summed E-state index contributed by atoms with van der Waals surface area (Å²) in [6, 6.07) is 4.27. The van der Waals surface area contributed by atoms with E-state index in [1.54, 1.807) is 32.9 Å². The third kappa shape index (κ3) is 4.54. The van der Waals surface area contributed by atoms with Crippen LogP contribution in [0.1, 0.15) is 55.3 Å². The lowest BCUT2D eigenvalue weighted by molar-refractivity contribution is -0.157. The second-order valence-electron chi connectivity index (χ2n) is 7.47. The van der Waals surface area contributed by atoms with E-state index in [0.29, 0.717) is 0 Å². The number of carbonyl (C=O) groups is 5. The van der Waals surface area contributed by atoms with Crippen LogP contribution in [-0.2, 0) is 14.3 Å². The summed E-state index contributed by atoms with van der Waals surface area (Å²) in [5, 5.41) is 4.61. The summed E-state index contributed by atoms with van der Waals surface area (Å²) in [5.74, 6) is -2.98. The molecule has 0 saturated carbocycles. The molecular weight excluding hydrogens is 366 g/mol. The van der Waals surface area contributed by atoms with E-state index < -0.39 is 47.4 Å². The van der Waals surface area contributed by atoms with E-state index in [2.05, 4.69) is 10.6 Å². The highest BCUT2D eigenvalue weighted by molar-refractivity contribution is 6.22. The number of hydrogen-bond acceptors (Lipinski definition) is 6. The van der Waals surface area contributed by atoms with E-state index in [1.165, 1.54) is 26.0 Å². The maximum atomic E-state index is 12.4. The van der Waals surface area contributed by atoms with Crippen LogP contribution < -0.4 is 10.6 Å². The van der Waals surface area contributed by atoms with Crippen molar-refractivity contribution in [2.75, 3.05) is 0 Å². The van der Waals surface area contributed by atoms with Gasteiger partial charge in [-0.1, -0.05) is 12.1 Å². The van der Waals surface area contributed by atoms with Crippen molar-refractivity contribution in [3.05, 3.63) is 35.4 Å². The highest BCUT2D eigenvalue weighted by Gasteiger charge is 2.41. The van der Waals surface area contributed by atoms with Gasteiger partial charge in [0.2, 0.25) is 0 Å². The van der Waals surface area contributed by atoms with Crippen LogP contribution in [0.2, 0.25) is 0 Å². The number of imide groups is 2. The molecule has 0 bridgehead atoms. The standard InChI is InChI=1S/C19H23N3O6/c1-10(22-15(24)12-8-6-7-9-13(12)16(22)25)17(26)28-11(2)14(23)20-18(27)21-19(3,4)5/h6-11H,1-5H3,(H2,20,21,23,27)/t10-,11-/m0/s1. The molecule has 2 atom stereocenters. The molecule has 9 heteroatoms. The molecule has 0 spiro atoms. The Morgan fingerprint density at radius 3 is 1.96 bits per heavy atom. The highest BCUT2D eigenvalue weighted by atomic mass is 16.5. The number of esters is 1. The minimum Gasteiger partial charge on any atom is -0.451 e. The highest BCUT2D eigenvalue weighted by Crippen LogP contribution is 2.24. The van der Waals surface area contributed by atoms with Crippen LogP contribution in [0.25, 0.3) is 0 Å². The molecular formula is C19H23N3O6. The number of ether oxygens (including phenoxy) is 1. The number of urea groups is 1. The molecule has 2 rings (SSSR count). The van der Waals surface area contributed by atoms with Gasteiger partial charge < -0.3 is 10.1 Å². The Labute approximate surface area is 162 Å². The number of nitrogens with one attached hydrogen (secondary N) is 2. The summed E-state index contributed by atoms with van der Waals surface area (Å²) < 4.78 is 5.04. The van der Waals surface area contributed by atoms with Crippen LogP contribution in [0, 0.1) is 0 Å². The van der Waals surface area contributed by atoms with Crippen LogP contribution in [0.5, 0.6) is 0 Å². The van der Waals surface area contributed by atoms with Crippen LogP contribution in [-0.4, -0.2) is 52.3 Å². The van der Waals surface area contributed by atoms with Crippen molar-refractivity contribution in [3.8, 4) is 0 Å². The average Bonchev–Trinajstić information content (AvgIpc) is 2.83. The molecule has 0 saturated heterocycles. The summed E-state index contributed by atoms with van der Waals surface area (Å²) in [4.78, 5) is 61.7. The van der Waals surface area contributed by atoms with Gasteiger partial charge >= 0.3 is 12.0 Å². The SMILES string of the molecule is C[C@H](OC(=O)[C@H](C)N1C(=O)c2ccccc2C1=O)C(=O)NC(=O)NC(C)(C)C. The molecule has 0 radical (unpaired) electrons. The molecule has 0 aliphatic carbocycles. The lowest BCUT2D eigenvalue weighted by atomic mass is 10.1. The summed E-state index contributed by atoms with van der Waals surface area (Å²) in [6.07, 6.45) is -1.30. The molecule has 9 nitrogen and oxygen atoms in total. The molecule has 1 aromatic carbocycles. The normalized spacial score (nSPS) is 15.5. The van der Waals surface area contributed by atoms with Crippen molar-refractivity contribution < 1.29 is 28.7 Å². The van der Waals surface area contributed by atoms with Crippen molar-refractivity contribution in [2.45, 2.75) is 52.3 Å². The molecule has 5 amide bonds. The fourth-order valence-corrected chi connectivity index (χ4v) is 2.58. The lowest BCUT2D eigenvalue weighted by Gasteiger charge is -2.23. The fourth-order valence-electron chi connectivity index (χ4n) is 2.58. The molecule has 2 N–H and O–H groups in total. The lowest BCUT2D eigenvalue weighted by Crippen LogP contribution is -2.51. The number of nitrogens with zero attached hydrogens (tertiary/aromatic N) is 1. The third-order valence-corrected chi connectivity index (χ3v) is 3.94. The van der Waals surface area contributed by atoms with Gasteiger partial charge in [-0.05, 0) is 46.8 Å². The maximum absolute atomic E-state index is 12.4.